The van der Waals surface area contributed by atoms with Crippen molar-refractivity contribution < 1.29 is 19.0 Å². The molecular weight excluding hydrogens is 323 g/mol. The molecule has 1 aromatic rings. The molecular formula is C16H22ClFN2O3. The van der Waals surface area contributed by atoms with Gasteiger partial charge in [-0.3, -0.25) is 0 Å². The number of amides is 2. The Morgan fingerprint density at radius 1 is 1.57 bits per heavy atom. The summed E-state index contributed by atoms with van der Waals surface area (Å²) in [5, 5.41) is 15.1. The Morgan fingerprint density at radius 2 is 2.35 bits per heavy atom. The maximum absolute atomic E-state index is 13.6. The molecule has 0 spiro atoms. The predicted octanol–water partition coefficient (Wildman–Crippen LogP) is 2.77. The van der Waals surface area contributed by atoms with Crippen LogP contribution in [0.2, 0.25) is 5.02 Å². The maximum atomic E-state index is 13.6. The lowest BCUT2D eigenvalue weighted by molar-refractivity contribution is 0.0996. The van der Waals surface area contributed by atoms with Gasteiger partial charge in [-0.2, -0.15) is 0 Å². The minimum atomic E-state index is -0.503. The molecule has 128 valence electrons. The van der Waals surface area contributed by atoms with Crippen LogP contribution in [0.15, 0.2) is 18.2 Å². The lowest BCUT2D eigenvalue weighted by Gasteiger charge is -2.21. The zero-order valence-electron chi connectivity index (χ0n) is 13.0. The van der Waals surface area contributed by atoms with Crippen LogP contribution in [0, 0.1) is 5.82 Å². The lowest BCUT2D eigenvalue weighted by Crippen LogP contribution is -2.44. The number of carbonyl (C=O) groups is 1. The Hall–Kier alpha value is -1.37. The maximum Gasteiger partial charge on any atom is 0.315 e. The van der Waals surface area contributed by atoms with E-state index in [0.29, 0.717) is 38.0 Å². The van der Waals surface area contributed by atoms with E-state index < -0.39 is 18.0 Å². The molecule has 1 fully saturated rings. The van der Waals surface area contributed by atoms with Crippen LogP contribution in [0.25, 0.3) is 0 Å². The molecule has 3 N–H and O–H groups in total. The number of aliphatic hydroxyl groups excluding tert-OH is 1. The molecule has 0 aromatic heterocycles. The lowest BCUT2D eigenvalue weighted by atomic mass is 10.0. The minimum absolute atomic E-state index is 0.0588. The number of ether oxygens (including phenoxy) is 1. The van der Waals surface area contributed by atoms with Gasteiger partial charge in [-0.25, -0.2) is 9.18 Å². The van der Waals surface area contributed by atoms with Crippen molar-refractivity contribution in [1.82, 2.24) is 10.6 Å². The van der Waals surface area contributed by atoms with Gasteiger partial charge in [-0.1, -0.05) is 24.6 Å². The first-order chi connectivity index (χ1) is 11.0. The van der Waals surface area contributed by atoms with Gasteiger partial charge < -0.3 is 20.5 Å². The van der Waals surface area contributed by atoms with Crippen molar-refractivity contribution in [3.05, 3.63) is 34.6 Å². The number of benzene rings is 1. The molecule has 1 aliphatic rings. The van der Waals surface area contributed by atoms with Crippen LogP contribution >= 0.6 is 11.6 Å². The van der Waals surface area contributed by atoms with E-state index in [4.69, 9.17) is 16.3 Å². The largest absolute Gasteiger partial charge is 0.393 e. The van der Waals surface area contributed by atoms with Crippen molar-refractivity contribution in [2.24, 2.45) is 0 Å². The second-order valence-electron chi connectivity index (χ2n) is 5.61. The number of hydrogen-bond donors (Lipinski definition) is 3. The summed E-state index contributed by atoms with van der Waals surface area (Å²) >= 11 is 5.69. The van der Waals surface area contributed by atoms with Gasteiger partial charge in [0.2, 0.25) is 0 Å². The van der Waals surface area contributed by atoms with Gasteiger partial charge in [-0.05, 0) is 37.0 Å². The minimum Gasteiger partial charge on any atom is -0.393 e. The number of urea groups is 1. The number of aliphatic hydroxyl groups is 1. The fraction of sp³-hybridized carbons (Fsp3) is 0.562. The Bertz CT molecular complexity index is 544. The smallest absolute Gasteiger partial charge is 0.315 e. The van der Waals surface area contributed by atoms with Gasteiger partial charge >= 0.3 is 6.03 Å². The molecule has 7 heteroatoms. The molecule has 2 rings (SSSR count). The molecule has 3 unspecified atom stereocenters. The molecule has 0 radical (unpaired) electrons. The zero-order valence-corrected chi connectivity index (χ0v) is 13.8. The summed E-state index contributed by atoms with van der Waals surface area (Å²) in [7, 11) is 0. The van der Waals surface area contributed by atoms with E-state index in [1.54, 1.807) is 6.07 Å². The van der Waals surface area contributed by atoms with Crippen LogP contribution < -0.4 is 10.6 Å². The number of hydrogen-bond acceptors (Lipinski definition) is 3. The first kappa shape index (κ1) is 18.0. The molecule has 0 bridgehead atoms. The van der Waals surface area contributed by atoms with E-state index in [1.807, 2.05) is 6.92 Å². The van der Waals surface area contributed by atoms with Crippen molar-refractivity contribution in [2.45, 2.75) is 44.4 Å². The highest BCUT2D eigenvalue weighted by Crippen LogP contribution is 2.30. The first-order valence-electron chi connectivity index (χ1n) is 7.80. The predicted molar refractivity (Wildman–Crippen MR) is 86.0 cm³/mol. The summed E-state index contributed by atoms with van der Waals surface area (Å²) in [6.45, 7) is 2.78. The molecule has 1 aliphatic heterocycles. The normalized spacial score (nSPS) is 21.9. The molecule has 5 nitrogen and oxygen atoms in total. The van der Waals surface area contributed by atoms with Crippen LogP contribution in [0.1, 0.15) is 37.9 Å². The second kappa shape index (κ2) is 8.47. The zero-order chi connectivity index (χ0) is 16.8. The third-order valence-electron chi connectivity index (χ3n) is 3.91. The molecule has 1 saturated heterocycles. The summed E-state index contributed by atoms with van der Waals surface area (Å²) in [6, 6.07) is 3.97. The topological polar surface area (TPSA) is 70.6 Å². The van der Waals surface area contributed by atoms with Gasteiger partial charge in [0.1, 0.15) is 11.9 Å². The van der Waals surface area contributed by atoms with Gasteiger partial charge in [0, 0.05) is 13.2 Å². The van der Waals surface area contributed by atoms with Crippen LogP contribution in [0.3, 0.4) is 0 Å². The van der Waals surface area contributed by atoms with Crippen LogP contribution in [-0.4, -0.2) is 36.4 Å². The van der Waals surface area contributed by atoms with E-state index in [-0.39, 0.29) is 17.1 Å². The van der Waals surface area contributed by atoms with E-state index in [0.717, 1.165) is 0 Å². The van der Waals surface area contributed by atoms with Crippen LogP contribution in [0.4, 0.5) is 9.18 Å². The van der Waals surface area contributed by atoms with Gasteiger partial charge in [0.25, 0.3) is 0 Å². The average molecular weight is 345 g/mol. The third kappa shape index (κ3) is 5.06. The van der Waals surface area contributed by atoms with Crippen molar-refractivity contribution in [1.29, 1.82) is 0 Å². The number of carbonyl (C=O) groups excluding carboxylic acids is 1. The van der Waals surface area contributed by atoms with Crippen molar-refractivity contribution in [3.63, 3.8) is 0 Å². The quantitative estimate of drug-likeness (QED) is 0.743. The average Bonchev–Trinajstić information content (AvgIpc) is 2.97. The Balaban J connectivity index is 1.88. The summed E-state index contributed by atoms with van der Waals surface area (Å²) in [6.07, 6.45) is 1.02. The second-order valence-corrected chi connectivity index (χ2v) is 6.02. The Morgan fingerprint density at radius 3 is 3.04 bits per heavy atom. The molecule has 1 aromatic carbocycles. The Kier molecular flexibility index (Phi) is 6.62. The summed E-state index contributed by atoms with van der Waals surface area (Å²) in [4.78, 5) is 11.9. The fourth-order valence-corrected chi connectivity index (χ4v) is 2.65. The molecule has 0 saturated carbocycles. The SMILES string of the molecule is CCC(O)CCNC(=O)NC1CCOC1c1ccc(Cl)c(F)c1. The highest BCUT2D eigenvalue weighted by Gasteiger charge is 2.31. The van der Waals surface area contributed by atoms with Crippen molar-refractivity contribution in [3.8, 4) is 0 Å². The number of nitrogens with one attached hydrogen (secondary N) is 2. The summed E-state index contributed by atoms with van der Waals surface area (Å²) in [5.41, 5.74) is 0.649. The highest BCUT2D eigenvalue weighted by molar-refractivity contribution is 6.30. The summed E-state index contributed by atoms with van der Waals surface area (Å²) in [5.74, 6) is -0.503. The van der Waals surface area contributed by atoms with Crippen molar-refractivity contribution >= 4 is 17.6 Å². The van der Waals surface area contributed by atoms with Crippen LogP contribution in [-0.2, 0) is 4.74 Å². The van der Waals surface area contributed by atoms with Gasteiger partial charge in [0.05, 0.1) is 17.2 Å². The third-order valence-corrected chi connectivity index (χ3v) is 4.22. The molecule has 0 aliphatic carbocycles. The Labute approximate surface area is 140 Å². The van der Waals surface area contributed by atoms with Crippen LogP contribution in [0.5, 0.6) is 0 Å². The monoisotopic (exact) mass is 344 g/mol. The van der Waals surface area contributed by atoms with Crippen molar-refractivity contribution in [2.75, 3.05) is 13.2 Å². The molecule has 23 heavy (non-hydrogen) atoms. The summed E-state index contributed by atoms with van der Waals surface area (Å²) < 4.78 is 19.2. The number of halogens is 2. The number of rotatable bonds is 6. The molecule has 3 atom stereocenters. The van der Waals surface area contributed by atoms with Gasteiger partial charge in [0.15, 0.2) is 0 Å². The standard InChI is InChI=1S/C16H22ClFN2O3/c1-2-11(21)5-7-19-16(22)20-14-6-8-23-15(14)10-3-4-12(17)13(18)9-10/h3-4,9,11,14-15,21H,2,5-8H2,1H3,(H2,19,20,22). The fourth-order valence-electron chi connectivity index (χ4n) is 2.53. The van der Waals surface area contributed by atoms with Gasteiger partial charge in [-0.15, -0.1) is 0 Å². The van der Waals surface area contributed by atoms with E-state index >= 15 is 0 Å². The van der Waals surface area contributed by atoms with E-state index in [1.165, 1.54) is 12.1 Å². The molecule has 1 heterocycles. The van der Waals surface area contributed by atoms with E-state index in [2.05, 4.69) is 10.6 Å². The van der Waals surface area contributed by atoms with E-state index in [9.17, 15) is 14.3 Å². The highest BCUT2D eigenvalue weighted by atomic mass is 35.5. The first-order valence-corrected chi connectivity index (χ1v) is 8.18. The molecule has 2 amide bonds.